The molecule has 8 nitrogen and oxygen atoms in total. The van der Waals surface area contributed by atoms with Crippen molar-refractivity contribution in [2.45, 2.75) is 39.9 Å². The zero-order valence-electron chi connectivity index (χ0n) is 24.0. The van der Waals surface area contributed by atoms with Crippen LogP contribution in [0.1, 0.15) is 49.5 Å². The minimum Gasteiger partial charge on any atom is -0.377 e. The van der Waals surface area contributed by atoms with Crippen LogP contribution in [0.4, 0.5) is 23.2 Å². The van der Waals surface area contributed by atoms with Gasteiger partial charge in [-0.1, -0.05) is 19.9 Å². The zero-order chi connectivity index (χ0) is 31.5. The van der Waals surface area contributed by atoms with Gasteiger partial charge >= 0.3 is 6.18 Å². The van der Waals surface area contributed by atoms with Crippen molar-refractivity contribution in [3.05, 3.63) is 99.7 Å². The third kappa shape index (κ3) is 6.35. The van der Waals surface area contributed by atoms with Gasteiger partial charge < -0.3 is 9.88 Å². The van der Waals surface area contributed by atoms with E-state index in [0.717, 1.165) is 6.07 Å². The first-order valence-electron chi connectivity index (χ1n) is 13.3. The fourth-order valence-electron chi connectivity index (χ4n) is 4.55. The smallest absolute Gasteiger partial charge is 0.377 e. The van der Waals surface area contributed by atoms with E-state index in [-0.39, 0.29) is 33.8 Å². The molecule has 0 unspecified atom stereocenters. The van der Waals surface area contributed by atoms with Crippen LogP contribution in [0.2, 0.25) is 0 Å². The maximum Gasteiger partial charge on any atom is 0.435 e. The van der Waals surface area contributed by atoms with Crippen LogP contribution in [0.5, 0.6) is 0 Å². The lowest BCUT2D eigenvalue weighted by molar-refractivity contribution is -0.140. The van der Waals surface area contributed by atoms with Crippen LogP contribution < -0.4 is 10.9 Å². The van der Waals surface area contributed by atoms with Crippen molar-refractivity contribution < 1.29 is 17.6 Å². The van der Waals surface area contributed by atoms with E-state index in [0.29, 0.717) is 22.3 Å². The molecule has 1 N–H and O–H groups in total. The average molecular weight is 590 g/mol. The standard InChI is InChI=1S/C29H21F4N7O.C2H6/c1-15-7-8-23(26(37-15)29(31,32)33)38-16(2)20-9-18(30)10-22-21(20)11-25(40(3)28(22)41)17-13-35-27(36-14-17)24-6-4-5-19(12-34)39-24;1-2/h4-11,13-14,16,38H,1-3H3;1-2H3/t16-;/m1./s1. The molecule has 0 fully saturated rings. The van der Waals surface area contributed by atoms with Gasteiger partial charge in [0.2, 0.25) is 0 Å². The number of aryl methyl sites for hydroxylation is 1. The molecule has 0 bridgehead atoms. The first-order valence-corrected chi connectivity index (χ1v) is 13.3. The molecule has 4 heterocycles. The molecule has 1 aromatic carbocycles. The number of nitriles is 1. The van der Waals surface area contributed by atoms with Gasteiger partial charge in [-0.25, -0.2) is 24.3 Å². The van der Waals surface area contributed by atoms with Crippen molar-refractivity contribution >= 4 is 16.5 Å². The number of aromatic nitrogens is 5. The molecule has 0 radical (unpaired) electrons. The van der Waals surface area contributed by atoms with Gasteiger partial charge in [-0.15, -0.1) is 0 Å². The summed E-state index contributed by atoms with van der Waals surface area (Å²) in [4.78, 5) is 29.8. The van der Waals surface area contributed by atoms with Gasteiger partial charge in [-0.3, -0.25) is 4.79 Å². The number of alkyl halides is 3. The van der Waals surface area contributed by atoms with Gasteiger partial charge in [0.1, 0.15) is 23.3 Å². The van der Waals surface area contributed by atoms with Crippen LogP contribution in [0.3, 0.4) is 0 Å². The van der Waals surface area contributed by atoms with Crippen molar-refractivity contribution in [1.29, 1.82) is 5.26 Å². The number of anilines is 1. The van der Waals surface area contributed by atoms with Gasteiger partial charge in [0, 0.05) is 36.7 Å². The second kappa shape index (κ2) is 12.4. The van der Waals surface area contributed by atoms with E-state index >= 15 is 0 Å². The number of rotatable bonds is 5. The van der Waals surface area contributed by atoms with Gasteiger partial charge in [0.15, 0.2) is 11.5 Å². The van der Waals surface area contributed by atoms with Crippen molar-refractivity contribution in [2.75, 3.05) is 5.32 Å². The Morgan fingerprint density at radius 2 is 1.70 bits per heavy atom. The number of nitrogens with one attached hydrogen (secondary N) is 1. The molecule has 12 heteroatoms. The Morgan fingerprint density at radius 3 is 2.35 bits per heavy atom. The summed E-state index contributed by atoms with van der Waals surface area (Å²) >= 11 is 0. The molecule has 4 aromatic heterocycles. The van der Waals surface area contributed by atoms with Crippen LogP contribution >= 0.6 is 0 Å². The third-order valence-corrected chi connectivity index (χ3v) is 6.54. The Hall–Kier alpha value is -5.18. The Morgan fingerprint density at radius 1 is 1.00 bits per heavy atom. The van der Waals surface area contributed by atoms with Crippen LogP contribution in [-0.4, -0.2) is 24.5 Å². The summed E-state index contributed by atoms with van der Waals surface area (Å²) in [5, 5.41) is 12.3. The van der Waals surface area contributed by atoms with Gasteiger partial charge in [-0.2, -0.15) is 18.4 Å². The molecule has 5 aromatic rings. The summed E-state index contributed by atoms with van der Waals surface area (Å²) in [6, 6.07) is 12.6. The molecule has 5 rings (SSSR count). The highest BCUT2D eigenvalue weighted by atomic mass is 19.4. The Labute approximate surface area is 244 Å². The first-order chi connectivity index (χ1) is 20.5. The fourth-order valence-corrected chi connectivity index (χ4v) is 4.55. The molecule has 0 aliphatic carbocycles. The number of nitrogens with zero attached hydrogens (tertiary/aromatic N) is 6. The van der Waals surface area contributed by atoms with Gasteiger partial charge in [0.25, 0.3) is 5.56 Å². The summed E-state index contributed by atoms with van der Waals surface area (Å²) < 4.78 is 57.0. The second-order valence-electron chi connectivity index (χ2n) is 9.38. The predicted molar refractivity (Wildman–Crippen MR) is 155 cm³/mol. The molecule has 0 aliphatic heterocycles. The quantitative estimate of drug-likeness (QED) is 0.220. The molecular formula is C31H27F4N7O. The highest BCUT2D eigenvalue weighted by molar-refractivity contribution is 5.89. The zero-order valence-corrected chi connectivity index (χ0v) is 24.0. The topological polar surface area (TPSA) is 109 Å². The first kappa shape index (κ1) is 30.8. The minimum absolute atomic E-state index is 0.0630. The molecule has 1 atom stereocenters. The van der Waals surface area contributed by atoms with Crippen LogP contribution in [-0.2, 0) is 13.2 Å². The van der Waals surface area contributed by atoms with Crippen LogP contribution in [0.15, 0.2) is 65.7 Å². The van der Waals surface area contributed by atoms with E-state index in [2.05, 4.69) is 25.3 Å². The highest BCUT2D eigenvalue weighted by Gasteiger charge is 2.36. The number of pyridine rings is 3. The maximum absolute atomic E-state index is 14.7. The van der Waals surface area contributed by atoms with E-state index < -0.39 is 29.3 Å². The van der Waals surface area contributed by atoms with Crippen molar-refractivity contribution in [3.8, 4) is 28.8 Å². The number of hydrogen-bond acceptors (Lipinski definition) is 7. The SMILES string of the molecule is CC.Cc1ccc(N[C@H](C)c2cc(F)cc3c(=O)n(C)c(-c4cnc(-c5cccc(C#N)n5)nc4)cc23)c(C(F)(F)F)n1. The summed E-state index contributed by atoms with van der Waals surface area (Å²) in [7, 11) is 1.52. The Bertz CT molecular complexity index is 1900. The van der Waals surface area contributed by atoms with Crippen LogP contribution in [0.25, 0.3) is 33.5 Å². The van der Waals surface area contributed by atoms with Gasteiger partial charge in [-0.05, 0) is 67.3 Å². The Kier molecular flexibility index (Phi) is 8.85. The highest BCUT2D eigenvalue weighted by Crippen LogP contribution is 2.36. The van der Waals surface area contributed by atoms with Crippen molar-refractivity contribution in [3.63, 3.8) is 0 Å². The van der Waals surface area contributed by atoms with Crippen molar-refractivity contribution in [2.24, 2.45) is 7.05 Å². The van der Waals surface area contributed by atoms with Gasteiger partial charge in [0.05, 0.1) is 16.8 Å². The number of halogens is 4. The van der Waals surface area contributed by atoms with E-state index in [1.54, 1.807) is 31.2 Å². The summed E-state index contributed by atoms with van der Waals surface area (Å²) in [6.45, 7) is 7.03. The predicted octanol–water partition coefficient (Wildman–Crippen LogP) is 6.99. The lowest BCUT2D eigenvalue weighted by Crippen LogP contribution is -2.20. The van der Waals surface area contributed by atoms with E-state index in [1.165, 1.54) is 49.1 Å². The Balaban J connectivity index is 0.00000207. The summed E-state index contributed by atoms with van der Waals surface area (Å²) in [5.41, 5.74) is 0.0763. The summed E-state index contributed by atoms with van der Waals surface area (Å²) in [5.74, 6) is -0.437. The largest absolute Gasteiger partial charge is 0.435 e. The molecular weight excluding hydrogens is 562 g/mol. The monoisotopic (exact) mass is 589 g/mol. The van der Waals surface area contributed by atoms with E-state index in [1.807, 2.05) is 19.9 Å². The molecule has 0 aliphatic rings. The molecule has 0 saturated heterocycles. The lowest BCUT2D eigenvalue weighted by Gasteiger charge is -2.21. The third-order valence-electron chi connectivity index (χ3n) is 6.54. The minimum atomic E-state index is -4.71. The number of fused-ring (bicyclic) bond motifs is 1. The molecule has 0 amide bonds. The maximum atomic E-state index is 14.7. The molecule has 220 valence electrons. The molecule has 0 saturated carbocycles. The fraction of sp³-hybridized carbons (Fsp3) is 0.226. The lowest BCUT2D eigenvalue weighted by atomic mass is 9.98. The molecule has 0 spiro atoms. The van der Waals surface area contributed by atoms with E-state index in [4.69, 9.17) is 5.26 Å². The second-order valence-corrected chi connectivity index (χ2v) is 9.38. The normalized spacial score (nSPS) is 11.8. The number of benzene rings is 1. The van der Waals surface area contributed by atoms with E-state index in [9.17, 15) is 22.4 Å². The number of hydrogen-bond donors (Lipinski definition) is 1. The molecule has 43 heavy (non-hydrogen) atoms. The summed E-state index contributed by atoms with van der Waals surface area (Å²) in [6.07, 6.45) is -1.73. The van der Waals surface area contributed by atoms with Crippen molar-refractivity contribution in [1.82, 2.24) is 24.5 Å². The average Bonchev–Trinajstić information content (AvgIpc) is 3.00. The van der Waals surface area contributed by atoms with Crippen LogP contribution in [0, 0.1) is 24.1 Å².